The first-order valence-electron chi connectivity index (χ1n) is 16.5. The summed E-state index contributed by atoms with van der Waals surface area (Å²) in [7, 11) is 0. The molecular weight excluding hydrogens is 608 g/mol. The van der Waals surface area contributed by atoms with Gasteiger partial charge >= 0.3 is 5.97 Å². The number of hydrogen-bond acceptors (Lipinski definition) is 6. The van der Waals surface area contributed by atoms with E-state index in [1.807, 2.05) is 76.2 Å². The van der Waals surface area contributed by atoms with Gasteiger partial charge in [-0.1, -0.05) is 112 Å². The second-order valence-corrected chi connectivity index (χ2v) is 14.7. The van der Waals surface area contributed by atoms with E-state index in [4.69, 9.17) is 27.1 Å². The summed E-state index contributed by atoms with van der Waals surface area (Å²) in [5.41, 5.74) is 11.0. The van der Waals surface area contributed by atoms with Gasteiger partial charge in [0.1, 0.15) is 11.8 Å². The summed E-state index contributed by atoms with van der Waals surface area (Å²) in [6.45, 7) is 7.87. The van der Waals surface area contributed by atoms with E-state index in [0.29, 0.717) is 41.5 Å². The standard InChI is InChI=1S/C40H43ClN2O4/c1-24(2)19-33(36-34(44)21-39(3,4)22-35(36)45)43-23-32(42)38(46)47-40(27-13-6-5-7-14-27)30-18-17-26(25-11-8-9-12-25)20-29(30)28-15-10-16-31(41)37(28)40/h5-8,10-11,13-18,20,24-25,32,44H,9,12,19,21-23,42H2,1-4H3. The summed E-state index contributed by atoms with van der Waals surface area (Å²) in [6.07, 6.45) is 7.76. The second-order valence-electron chi connectivity index (χ2n) is 14.3. The second kappa shape index (κ2) is 12.9. The van der Waals surface area contributed by atoms with Gasteiger partial charge in [0.05, 0.1) is 12.1 Å². The normalized spacial score (nSPS) is 22.4. The monoisotopic (exact) mass is 650 g/mol. The number of allylic oxidation sites excluding steroid dienone is 4. The Morgan fingerprint density at radius 3 is 2.51 bits per heavy atom. The Morgan fingerprint density at radius 2 is 1.83 bits per heavy atom. The van der Waals surface area contributed by atoms with E-state index in [1.165, 1.54) is 5.56 Å². The zero-order chi connectivity index (χ0) is 33.5. The number of Topliss-reactive ketones (excluding diaryl/α,β-unsaturated/α-hetero) is 1. The molecule has 6 nitrogen and oxygen atoms in total. The van der Waals surface area contributed by atoms with Crippen LogP contribution in [0.1, 0.15) is 88.0 Å². The molecule has 0 aliphatic heterocycles. The van der Waals surface area contributed by atoms with Crippen molar-refractivity contribution in [1.29, 1.82) is 0 Å². The van der Waals surface area contributed by atoms with Crippen LogP contribution in [0, 0.1) is 11.3 Å². The average molecular weight is 651 g/mol. The predicted molar refractivity (Wildman–Crippen MR) is 188 cm³/mol. The minimum absolute atomic E-state index is 0.0473. The number of aliphatic imine (C=N–C) groups is 1. The molecule has 0 fully saturated rings. The number of nitrogens with two attached hydrogens (primary N) is 1. The third-order valence-electron chi connectivity index (χ3n) is 9.48. The van der Waals surface area contributed by atoms with Crippen molar-refractivity contribution in [1.82, 2.24) is 0 Å². The number of hydrogen-bond donors (Lipinski definition) is 2. The predicted octanol–water partition coefficient (Wildman–Crippen LogP) is 8.60. The Morgan fingerprint density at radius 1 is 1.06 bits per heavy atom. The Labute approximate surface area is 282 Å². The zero-order valence-electron chi connectivity index (χ0n) is 27.6. The summed E-state index contributed by atoms with van der Waals surface area (Å²) in [5.74, 6) is -0.234. The number of ether oxygens (including phenoxy) is 1. The minimum Gasteiger partial charge on any atom is -0.511 e. The molecule has 3 aromatic carbocycles. The number of fused-ring (bicyclic) bond motifs is 3. The highest BCUT2D eigenvalue weighted by Gasteiger charge is 2.50. The van der Waals surface area contributed by atoms with E-state index in [9.17, 15) is 14.7 Å². The molecule has 0 saturated heterocycles. The van der Waals surface area contributed by atoms with Gasteiger partial charge in [-0.05, 0) is 53.4 Å². The Kier molecular flexibility index (Phi) is 9.03. The van der Waals surface area contributed by atoms with E-state index in [1.54, 1.807) is 0 Å². The van der Waals surface area contributed by atoms with Crippen LogP contribution >= 0.6 is 11.6 Å². The maximum Gasteiger partial charge on any atom is 0.326 e. The molecule has 3 aliphatic carbocycles. The lowest BCUT2D eigenvalue weighted by atomic mass is 9.75. The Bertz CT molecular complexity index is 1810. The fourth-order valence-corrected chi connectivity index (χ4v) is 7.68. The number of carbonyl (C=O) groups excluding carboxylic acids is 2. The molecule has 0 amide bonds. The van der Waals surface area contributed by atoms with Crippen LogP contribution in [0.25, 0.3) is 11.1 Å². The van der Waals surface area contributed by atoms with Gasteiger partial charge in [0.15, 0.2) is 11.4 Å². The van der Waals surface area contributed by atoms with E-state index < -0.39 is 17.6 Å². The van der Waals surface area contributed by atoms with Gasteiger partial charge in [0.25, 0.3) is 0 Å². The maximum absolute atomic E-state index is 14.1. The minimum atomic E-state index is -1.33. The zero-order valence-corrected chi connectivity index (χ0v) is 28.3. The highest BCUT2D eigenvalue weighted by atomic mass is 35.5. The summed E-state index contributed by atoms with van der Waals surface area (Å²) in [6, 6.07) is 20.7. The van der Waals surface area contributed by atoms with Crippen molar-refractivity contribution in [3.8, 4) is 11.1 Å². The number of nitrogens with zero attached hydrogens (tertiary/aromatic N) is 1. The van der Waals surface area contributed by atoms with Crippen LogP contribution in [0.5, 0.6) is 0 Å². The van der Waals surface area contributed by atoms with Crippen LogP contribution in [0.15, 0.2) is 95.2 Å². The topological polar surface area (TPSA) is 102 Å². The largest absolute Gasteiger partial charge is 0.511 e. The van der Waals surface area contributed by atoms with Gasteiger partial charge < -0.3 is 15.6 Å². The molecule has 0 spiro atoms. The molecule has 3 atom stereocenters. The van der Waals surface area contributed by atoms with Crippen LogP contribution in [0.2, 0.25) is 5.02 Å². The van der Waals surface area contributed by atoms with Crippen molar-refractivity contribution in [2.75, 3.05) is 6.54 Å². The third kappa shape index (κ3) is 6.21. The quantitative estimate of drug-likeness (QED) is 0.137. The number of esters is 1. The van der Waals surface area contributed by atoms with Crippen LogP contribution in [-0.4, -0.2) is 35.2 Å². The molecule has 47 heavy (non-hydrogen) atoms. The summed E-state index contributed by atoms with van der Waals surface area (Å²) >= 11 is 6.99. The molecule has 6 rings (SSSR count). The molecule has 3 aromatic rings. The first-order chi connectivity index (χ1) is 22.4. The van der Waals surface area contributed by atoms with Gasteiger partial charge in [-0.15, -0.1) is 0 Å². The van der Waals surface area contributed by atoms with Crippen molar-refractivity contribution in [3.63, 3.8) is 0 Å². The van der Waals surface area contributed by atoms with Crippen molar-refractivity contribution in [2.24, 2.45) is 22.1 Å². The molecule has 244 valence electrons. The van der Waals surface area contributed by atoms with Gasteiger partial charge in [0, 0.05) is 46.2 Å². The smallest absolute Gasteiger partial charge is 0.326 e. The van der Waals surface area contributed by atoms with E-state index in [2.05, 4.69) is 30.4 Å². The first kappa shape index (κ1) is 32.9. The number of ketones is 1. The lowest BCUT2D eigenvalue weighted by molar-refractivity contribution is -0.154. The fourth-order valence-electron chi connectivity index (χ4n) is 7.37. The van der Waals surface area contributed by atoms with Crippen LogP contribution in [-0.2, 0) is 19.9 Å². The number of halogens is 1. The molecule has 7 heteroatoms. The number of rotatable bonds is 9. The fraction of sp³-hybridized carbons (Fsp3) is 0.375. The van der Waals surface area contributed by atoms with Crippen molar-refractivity contribution < 1.29 is 19.4 Å². The third-order valence-corrected chi connectivity index (χ3v) is 9.79. The van der Waals surface area contributed by atoms with E-state index in [-0.39, 0.29) is 35.0 Å². The van der Waals surface area contributed by atoms with Gasteiger partial charge in [0.2, 0.25) is 0 Å². The van der Waals surface area contributed by atoms with E-state index in [0.717, 1.165) is 35.1 Å². The van der Waals surface area contributed by atoms with Gasteiger partial charge in [-0.2, -0.15) is 0 Å². The lowest BCUT2D eigenvalue weighted by Crippen LogP contribution is -2.42. The highest BCUT2D eigenvalue weighted by Crippen LogP contribution is 2.56. The molecule has 3 aliphatic rings. The molecule has 0 bridgehead atoms. The van der Waals surface area contributed by atoms with Crippen molar-refractivity contribution >= 4 is 29.1 Å². The van der Waals surface area contributed by atoms with E-state index >= 15 is 0 Å². The molecule has 3 unspecified atom stereocenters. The molecule has 0 saturated carbocycles. The molecule has 0 heterocycles. The van der Waals surface area contributed by atoms with Crippen molar-refractivity contribution in [2.45, 2.75) is 77.4 Å². The average Bonchev–Trinajstić information content (AvgIpc) is 3.65. The molecular formula is C40H43ClN2O4. The lowest BCUT2D eigenvalue weighted by Gasteiger charge is -2.34. The first-order valence-corrected chi connectivity index (χ1v) is 16.9. The number of carbonyl (C=O) groups is 2. The maximum atomic E-state index is 14.1. The molecule has 0 radical (unpaired) electrons. The summed E-state index contributed by atoms with van der Waals surface area (Å²) < 4.78 is 6.61. The number of benzene rings is 3. The Hall–Kier alpha value is -4.00. The van der Waals surface area contributed by atoms with Gasteiger partial charge in [-0.25, -0.2) is 0 Å². The number of aliphatic hydroxyl groups is 1. The van der Waals surface area contributed by atoms with Gasteiger partial charge in [-0.3, -0.25) is 14.6 Å². The molecule has 3 N–H and O–H groups in total. The van der Waals surface area contributed by atoms with Crippen LogP contribution in [0.4, 0.5) is 0 Å². The number of aliphatic hydroxyl groups excluding tert-OH is 1. The van der Waals surface area contributed by atoms with Crippen LogP contribution < -0.4 is 5.73 Å². The molecule has 0 aromatic heterocycles. The van der Waals surface area contributed by atoms with Crippen molar-refractivity contribution in [3.05, 3.63) is 117 Å². The highest BCUT2D eigenvalue weighted by molar-refractivity contribution is 6.32. The van der Waals surface area contributed by atoms with Crippen LogP contribution in [0.3, 0.4) is 0 Å². The SMILES string of the molecule is CC(C)CC(=NCC(N)C(=O)OC1(c2ccccc2)c2ccc(C3C=CCC3)cc2-c2cccc(Cl)c21)C1=C(O)CC(C)(C)CC1=O. The Balaban J connectivity index is 1.39. The summed E-state index contributed by atoms with van der Waals surface area (Å²) in [5, 5.41) is 11.4. The summed E-state index contributed by atoms with van der Waals surface area (Å²) in [4.78, 5) is 32.0.